The Morgan fingerprint density at radius 2 is 2.17 bits per heavy atom. The van der Waals surface area contributed by atoms with E-state index in [0.717, 1.165) is 10.5 Å². The highest BCUT2D eigenvalue weighted by Gasteiger charge is 2.31. The average molecular weight is 421 g/mol. The van der Waals surface area contributed by atoms with Crippen LogP contribution in [0, 0.1) is 3.57 Å². The molecule has 0 aromatic heterocycles. The number of piperidine rings is 1. The van der Waals surface area contributed by atoms with E-state index in [1.54, 1.807) is 0 Å². The molecule has 98 valence electrons. The van der Waals surface area contributed by atoms with E-state index < -0.39 is 0 Å². The van der Waals surface area contributed by atoms with Gasteiger partial charge in [0.15, 0.2) is 0 Å². The molecule has 4 heteroatoms. The van der Waals surface area contributed by atoms with Crippen LogP contribution in [-0.2, 0) is 0 Å². The van der Waals surface area contributed by atoms with Gasteiger partial charge in [-0.25, -0.2) is 0 Å². The first-order chi connectivity index (χ1) is 8.72. The predicted octanol–water partition coefficient (Wildman–Crippen LogP) is 4.09. The van der Waals surface area contributed by atoms with Crippen LogP contribution in [0.15, 0.2) is 22.7 Å². The highest BCUT2D eigenvalue weighted by Crippen LogP contribution is 2.30. The quantitative estimate of drug-likeness (QED) is 0.724. The Morgan fingerprint density at radius 1 is 1.28 bits per heavy atom. The number of anilines is 1. The Kier molecular flexibility index (Phi) is 4.15. The Balaban J connectivity index is 1.67. The summed E-state index contributed by atoms with van der Waals surface area (Å²) in [5.41, 5.74) is 1.28. The fourth-order valence-electron chi connectivity index (χ4n) is 3.18. The summed E-state index contributed by atoms with van der Waals surface area (Å²) in [5.74, 6) is 0. The second-order valence-corrected chi connectivity index (χ2v) is 7.40. The Bertz CT molecular complexity index is 438. The molecule has 2 unspecified atom stereocenters. The number of rotatable bonds is 2. The van der Waals surface area contributed by atoms with Gasteiger partial charge in [0.05, 0.1) is 0 Å². The first-order valence-corrected chi connectivity index (χ1v) is 8.55. The van der Waals surface area contributed by atoms with Crippen LogP contribution in [0.3, 0.4) is 0 Å². The highest BCUT2D eigenvalue weighted by molar-refractivity contribution is 14.1. The molecule has 2 aliphatic heterocycles. The van der Waals surface area contributed by atoms with Gasteiger partial charge in [0.25, 0.3) is 0 Å². The molecule has 1 aromatic rings. The van der Waals surface area contributed by atoms with Crippen LogP contribution in [0.1, 0.15) is 25.7 Å². The highest BCUT2D eigenvalue weighted by atomic mass is 127. The molecule has 3 rings (SSSR count). The molecule has 0 saturated carbocycles. The Hall–Kier alpha value is 0.190. The number of nitrogens with one attached hydrogen (secondary N) is 1. The van der Waals surface area contributed by atoms with E-state index in [1.807, 2.05) is 0 Å². The largest absolute Gasteiger partial charge is 0.381 e. The van der Waals surface area contributed by atoms with Crippen LogP contribution in [0.5, 0.6) is 0 Å². The zero-order valence-electron chi connectivity index (χ0n) is 10.3. The summed E-state index contributed by atoms with van der Waals surface area (Å²) in [6, 6.07) is 7.95. The van der Waals surface area contributed by atoms with E-state index in [-0.39, 0.29) is 0 Å². The zero-order chi connectivity index (χ0) is 12.5. The molecule has 1 aromatic carbocycles. The summed E-state index contributed by atoms with van der Waals surface area (Å²) in [5, 5.41) is 3.74. The second-order valence-electron chi connectivity index (χ2n) is 5.32. The molecular weight excluding hydrogens is 403 g/mol. The van der Waals surface area contributed by atoms with Gasteiger partial charge in [-0.05, 0) is 73.0 Å². The van der Waals surface area contributed by atoms with E-state index in [2.05, 4.69) is 66.9 Å². The zero-order valence-corrected chi connectivity index (χ0v) is 14.1. The lowest BCUT2D eigenvalue weighted by atomic mass is 9.97. The summed E-state index contributed by atoms with van der Waals surface area (Å²) < 4.78 is 2.47. The summed E-state index contributed by atoms with van der Waals surface area (Å²) in [7, 11) is 0. The molecule has 2 nitrogen and oxygen atoms in total. The van der Waals surface area contributed by atoms with Gasteiger partial charge in [-0.2, -0.15) is 0 Å². The van der Waals surface area contributed by atoms with Crippen molar-refractivity contribution in [3.8, 4) is 0 Å². The van der Waals surface area contributed by atoms with Gasteiger partial charge < -0.3 is 10.2 Å². The average Bonchev–Trinajstić information content (AvgIpc) is 2.81. The summed E-state index contributed by atoms with van der Waals surface area (Å²) in [6.07, 6.45) is 5.38. The lowest BCUT2D eigenvalue weighted by molar-refractivity contribution is 0.188. The minimum absolute atomic E-state index is 0.646. The van der Waals surface area contributed by atoms with Gasteiger partial charge in [-0.1, -0.05) is 15.9 Å². The van der Waals surface area contributed by atoms with Gasteiger partial charge >= 0.3 is 0 Å². The van der Waals surface area contributed by atoms with E-state index >= 15 is 0 Å². The number of hydrogen-bond acceptors (Lipinski definition) is 2. The second kappa shape index (κ2) is 5.67. The molecule has 1 N–H and O–H groups in total. The van der Waals surface area contributed by atoms with Crippen LogP contribution in [0.4, 0.5) is 5.69 Å². The fourth-order valence-corrected chi connectivity index (χ4v) is 4.04. The monoisotopic (exact) mass is 420 g/mol. The number of halogens is 2. The summed E-state index contributed by atoms with van der Waals surface area (Å²) in [6.45, 7) is 2.60. The molecule has 2 aliphatic rings. The van der Waals surface area contributed by atoms with Crippen molar-refractivity contribution in [3.63, 3.8) is 0 Å². The van der Waals surface area contributed by atoms with Crippen molar-refractivity contribution in [1.82, 2.24) is 4.90 Å². The van der Waals surface area contributed by atoms with Crippen molar-refractivity contribution >= 4 is 44.2 Å². The lowest BCUT2D eigenvalue weighted by Crippen LogP contribution is -2.42. The van der Waals surface area contributed by atoms with Crippen LogP contribution in [0.2, 0.25) is 0 Å². The maximum Gasteiger partial charge on any atom is 0.0489 e. The van der Waals surface area contributed by atoms with Gasteiger partial charge in [-0.15, -0.1) is 0 Å². The van der Waals surface area contributed by atoms with E-state index in [0.29, 0.717) is 6.04 Å². The van der Waals surface area contributed by atoms with E-state index in [1.165, 1.54) is 48.0 Å². The van der Waals surface area contributed by atoms with Gasteiger partial charge in [0, 0.05) is 32.4 Å². The van der Waals surface area contributed by atoms with Crippen molar-refractivity contribution in [1.29, 1.82) is 0 Å². The number of hydrogen-bond donors (Lipinski definition) is 1. The minimum Gasteiger partial charge on any atom is -0.381 e. The molecule has 0 aliphatic carbocycles. The van der Waals surface area contributed by atoms with Crippen molar-refractivity contribution in [2.24, 2.45) is 0 Å². The number of fused-ring (bicyclic) bond motifs is 1. The first-order valence-electron chi connectivity index (χ1n) is 6.68. The van der Waals surface area contributed by atoms with Gasteiger partial charge in [-0.3, -0.25) is 0 Å². The fraction of sp³-hybridized carbons (Fsp3) is 0.571. The molecular formula is C14H18BrIN2. The van der Waals surface area contributed by atoms with Gasteiger partial charge in [0.2, 0.25) is 0 Å². The standard InChI is InChI=1S/C14H18BrIN2/c15-10-3-4-13(16)14(8-10)17-11-5-7-18-6-1-2-12(18)9-11/h3-4,8,11-12,17H,1-2,5-7,9H2. The third kappa shape index (κ3) is 2.85. The Labute approximate surface area is 131 Å². The van der Waals surface area contributed by atoms with Crippen LogP contribution in [0.25, 0.3) is 0 Å². The molecule has 0 spiro atoms. The molecule has 0 amide bonds. The van der Waals surface area contributed by atoms with Crippen LogP contribution >= 0.6 is 38.5 Å². The van der Waals surface area contributed by atoms with Crippen molar-refractivity contribution in [3.05, 3.63) is 26.2 Å². The number of benzene rings is 1. The maximum absolute atomic E-state index is 3.74. The van der Waals surface area contributed by atoms with Crippen LogP contribution < -0.4 is 5.32 Å². The molecule has 18 heavy (non-hydrogen) atoms. The van der Waals surface area contributed by atoms with Crippen LogP contribution in [-0.4, -0.2) is 30.1 Å². The van der Waals surface area contributed by atoms with E-state index in [9.17, 15) is 0 Å². The third-order valence-electron chi connectivity index (χ3n) is 4.11. The van der Waals surface area contributed by atoms with Gasteiger partial charge in [0.1, 0.15) is 0 Å². The molecule has 0 radical (unpaired) electrons. The molecule has 2 heterocycles. The normalized spacial score (nSPS) is 28.1. The topological polar surface area (TPSA) is 15.3 Å². The van der Waals surface area contributed by atoms with E-state index in [4.69, 9.17) is 0 Å². The minimum atomic E-state index is 0.646. The summed E-state index contributed by atoms with van der Waals surface area (Å²) in [4.78, 5) is 2.67. The lowest BCUT2D eigenvalue weighted by Gasteiger charge is -2.35. The van der Waals surface area contributed by atoms with Crippen molar-refractivity contribution in [2.45, 2.75) is 37.8 Å². The molecule has 2 fully saturated rings. The first kappa shape index (κ1) is 13.2. The number of nitrogens with zero attached hydrogens (tertiary/aromatic N) is 1. The molecule has 0 bridgehead atoms. The molecule has 2 atom stereocenters. The maximum atomic E-state index is 3.74. The summed E-state index contributed by atoms with van der Waals surface area (Å²) >= 11 is 5.97. The predicted molar refractivity (Wildman–Crippen MR) is 88.1 cm³/mol. The SMILES string of the molecule is Brc1ccc(I)c(NC2CCN3CCCC3C2)c1. The molecule has 2 saturated heterocycles. The Morgan fingerprint density at radius 3 is 3.06 bits per heavy atom. The van der Waals surface area contributed by atoms with Crippen molar-refractivity contribution < 1.29 is 0 Å². The van der Waals surface area contributed by atoms with Crippen molar-refractivity contribution in [2.75, 3.05) is 18.4 Å². The third-order valence-corrected chi connectivity index (χ3v) is 5.54. The smallest absolute Gasteiger partial charge is 0.0489 e.